The van der Waals surface area contributed by atoms with Crippen LogP contribution in [-0.4, -0.2) is 55.6 Å². The van der Waals surface area contributed by atoms with E-state index in [1.54, 1.807) is 13.0 Å². The maximum absolute atomic E-state index is 11.8. The Morgan fingerprint density at radius 2 is 2.10 bits per heavy atom. The molecule has 0 saturated heterocycles. The highest BCUT2D eigenvalue weighted by Gasteiger charge is 2.18. The second kappa shape index (κ2) is 7.64. The van der Waals surface area contributed by atoms with E-state index in [0.717, 1.165) is 13.0 Å². The fraction of sp³-hybridized carbons (Fsp3) is 0.615. The molecule has 0 radical (unpaired) electrons. The van der Waals surface area contributed by atoms with Crippen LogP contribution in [0.2, 0.25) is 0 Å². The van der Waals surface area contributed by atoms with Gasteiger partial charge in [0, 0.05) is 19.5 Å². The van der Waals surface area contributed by atoms with Crippen molar-refractivity contribution in [2.24, 2.45) is 0 Å². The lowest BCUT2D eigenvalue weighted by Gasteiger charge is -2.17. The highest BCUT2D eigenvalue weighted by atomic mass is 16.5. The van der Waals surface area contributed by atoms with E-state index in [4.69, 9.17) is 4.52 Å². The summed E-state index contributed by atoms with van der Waals surface area (Å²) in [7, 11) is 3.96. The van der Waals surface area contributed by atoms with E-state index < -0.39 is 0 Å². The number of nitrogens with zero attached hydrogens (tertiary/aromatic N) is 3. The molecule has 7 nitrogen and oxygen atoms in total. The molecule has 0 aliphatic heterocycles. The topological polar surface area (TPSA) is 78.7 Å². The third kappa shape index (κ3) is 5.40. The summed E-state index contributed by atoms with van der Waals surface area (Å²) in [4.78, 5) is 26.7. The van der Waals surface area contributed by atoms with E-state index in [9.17, 15) is 9.59 Å². The predicted molar refractivity (Wildman–Crippen MR) is 75.4 cm³/mol. The number of hydrogen-bond acceptors (Lipinski definition) is 5. The molecule has 1 heterocycles. The summed E-state index contributed by atoms with van der Waals surface area (Å²) in [6.45, 7) is 4.56. The summed E-state index contributed by atoms with van der Waals surface area (Å²) in [5.41, 5.74) is 0. The molecule has 0 saturated carbocycles. The van der Waals surface area contributed by atoms with Crippen LogP contribution in [-0.2, 0) is 9.59 Å². The molecule has 1 N–H and O–H groups in total. The van der Waals surface area contributed by atoms with Crippen molar-refractivity contribution in [1.82, 2.24) is 15.4 Å². The molecule has 0 fully saturated rings. The number of aromatic nitrogens is 1. The van der Waals surface area contributed by atoms with Crippen molar-refractivity contribution in [3.05, 3.63) is 11.8 Å². The van der Waals surface area contributed by atoms with E-state index in [1.807, 2.05) is 19.0 Å². The van der Waals surface area contributed by atoms with E-state index in [2.05, 4.69) is 10.5 Å². The first-order valence-electron chi connectivity index (χ1n) is 6.53. The molecule has 0 aliphatic rings. The zero-order valence-electron chi connectivity index (χ0n) is 12.5. The molecule has 0 spiro atoms. The maximum Gasteiger partial charge on any atom is 0.240 e. The van der Waals surface area contributed by atoms with Gasteiger partial charge in [-0.25, -0.2) is 0 Å². The number of nitrogens with one attached hydrogen (secondary N) is 1. The largest absolute Gasteiger partial charge is 0.360 e. The van der Waals surface area contributed by atoms with Gasteiger partial charge < -0.3 is 14.7 Å². The van der Waals surface area contributed by atoms with Crippen molar-refractivity contribution in [1.29, 1.82) is 0 Å². The lowest BCUT2D eigenvalue weighted by atomic mass is 10.3. The van der Waals surface area contributed by atoms with Gasteiger partial charge in [-0.15, -0.1) is 0 Å². The number of anilines is 1. The zero-order chi connectivity index (χ0) is 15.1. The Morgan fingerprint density at radius 3 is 2.60 bits per heavy atom. The van der Waals surface area contributed by atoms with Gasteiger partial charge in [-0.3, -0.25) is 14.5 Å². The zero-order valence-corrected chi connectivity index (χ0v) is 12.5. The third-order valence-electron chi connectivity index (χ3n) is 2.68. The number of rotatable bonds is 7. The molecule has 112 valence electrons. The Kier molecular flexibility index (Phi) is 6.17. The van der Waals surface area contributed by atoms with Crippen LogP contribution in [0.25, 0.3) is 0 Å². The molecule has 0 unspecified atom stereocenters. The van der Waals surface area contributed by atoms with Crippen molar-refractivity contribution in [3.63, 3.8) is 0 Å². The lowest BCUT2D eigenvalue weighted by molar-refractivity contribution is -0.123. The van der Waals surface area contributed by atoms with Gasteiger partial charge in [0.05, 0.1) is 0 Å². The van der Waals surface area contributed by atoms with Gasteiger partial charge >= 0.3 is 0 Å². The third-order valence-corrected chi connectivity index (χ3v) is 2.68. The van der Waals surface area contributed by atoms with Gasteiger partial charge in [-0.05, 0) is 34.0 Å². The number of hydrogen-bond donors (Lipinski definition) is 1. The molecule has 2 amide bonds. The summed E-state index contributed by atoms with van der Waals surface area (Å²) < 4.78 is 4.92. The summed E-state index contributed by atoms with van der Waals surface area (Å²) in [6, 6.07) is 1.63. The molecule has 0 bridgehead atoms. The minimum absolute atomic E-state index is 0.0523. The Bertz CT molecular complexity index is 456. The Labute approximate surface area is 118 Å². The number of aryl methyl sites for hydroxylation is 1. The lowest BCUT2D eigenvalue weighted by Crippen LogP contribution is -2.40. The Morgan fingerprint density at radius 1 is 1.40 bits per heavy atom. The first kappa shape index (κ1) is 16.2. The molecule has 20 heavy (non-hydrogen) atoms. The molecule has 7 heteroatoms. The second-order valence-electron chi connectivity index (χ2n) is 4.91. The number of carbonyl (C=O) groups is 2. The van der Waals surface area contributed by atoms with Crippen LogP contribution in [0.5, 0.6) is 0 Å². The summed E-state index contributed by atoms with van der Waals surface area (Å²) in [5.74, 6) is 0.498. The molecule has 0 atom stereocenters. The van der Waals surface area contributed by atoms with Crippen LogP contribution in [0.3, 0.4) is 0 Å². The summed E-state index contributed by atoms with van der Waals surface area (Å²) >= 11 is 0. The Balaban J connectivity index is 2.46. The highest BCUT2D eigenvalue weighted by molar-refractivity contribution is 5.96. The number of carbonyl (C=O) groups excluding carboxylic acids is 2. The molecular formula is C13H22N4O3. The van der Waals surface area contributed by atoms with E-state index in [0.29, 0.717) is 18.1 Å². The quantitative estimate of drug-likeness (QED) is 0.733. The standard InChI is InChI=1S/C13H22N4O3/c1-10-8-12(15-20-10)17(11(2)18)9-13(19)14-6-5-7-16(3)4/h8H,5-7,9H2,1-4H3,(H,14,19). The van der Waals surface area contributed by atoms with Crippen molar-refractivity contribution in [3.8, 4) is 0 Å². The van der Waals surface area contributed by atoms with E-state index in [1.165, 1.54) is 11.8 Å². The molecule has 1 aromatic rings. The Hall–Kier alpha value is -1.89. The summed E-state index contributed by atoms with van der Waals surface area (Å²) in [5, 5.41) is 6.54. The minimum atomic E-state index is -0.248. The summed E-state index contributed by atoms with van der Waals surface area (Å²) in [6.07, 6.45) is 0.863. The molecule has 1 aromatic heterocycles. The van der Waals surface area contributed by atoms with Crippen LogP contribution in [0.15, 0.2) is 10.6 Å². The van der Waals surface area contributed by atoms with Gasteiger partial charge in [0.15, 0.2) is 5.82 Å². The van der Waals surface area contributed by atoms with Crippen molar-refractivity contribution in [2.45, 2.75) is 20.3 Å². The molecule has 0 aromatic carbocycles. The van der Waals surface area contributed by atoms with Crippen LogP contribution in [0.4, 0.5) is 5.82 Å². The monoisotopic (exact) mass is 282 g/mol. The van der Waals surface area contributed by atoms with Crippen LogP contribution in [0.1, 0.15) is 19.1 Å². The van der Waals surface area contributed by atoms with Crippen LogP contribution >= 0.6 is 0 Å². The SMILES string of the molecule is CC(=O)N(CC(=O)NCCCN(C)C)c1cc(C)on1. The van der Waals surface area contributed by atoms with E-state index >= 15 is 0 Å². The molecule has 1 rings (SSSR count). The van der Waals surface area contributed by atoms with Crippen molar-refractivity contribution >= 4 is 17.6 Å². The fourth-order valence-corrected chi connectivity index (χ4v) is 1.66. The minimum Gasteiger partial charge on any atom is -0.360 e. The molecular weight excluding hydrogens is 260 g/mol. The average molecular weight is 282 g/mol. The fourth-order valence-electron chi connectivity index (χ4n) is 1.66. The highest BCUT2D eigenvalue weighted by Crippen LogP contribution is 2.13. The number of amides is 2. The van der Waals surface area contributed by atoms with Crippen LogP contribution in [0, 0.1) is 6.92 Å². The van der Waals surface area contributed by atoms with Gasteiger partial charge in [0.1, 0.15) is 12.3 Å². The van der Waals surface area contributed by atoms with Gasteiger partial charge in [-0.2, -0.15) is 0 Å². The van der Waals surface area contributed by atoms with Gasteiger partial charge in [0.2, 0.25) is 11.8 Å². The van der Waals surface area contributed by atoms with Crippen LogP contribution < -0.4 is 10.2 Å². The molecule has 0 aliphatic carbocycles. The second-order valence-corrected chi connectivity index (χ2v) is 4.91. The van der Waals surface area contributed by atoms with Crippen molar-refractivity contribution < 1.29 is 14.1 Å². The van der Waals surface area contributed by atoms with Gasteiger partial charge in [-0.1, -0.05) is 5.16 Å². The van der Waals surface area contributed by atoms with Crippen molar-refractivity contribution in [2.75, 3.05) is 38.6 Å². The first-order chi connectivity index (χ1) is 9.40. The average Bonchev–Trinajstić information content (AvgIpc) is 2.77. The first-order valence-corrected chi connectivity index (χ1v) is 6.53. The van der Waals surface area contributed by atoms with E-state index in [-0.39, 0.29) is 18.4 Å². The normalized spacial score (nSPS) is 10.7. The maximum atomic E-state index is 11.8. The van der Waals surface area contributed by atoms with Gasteiger partial charge in [0.25, 0.3) is 0 Å². The smallest absolute Gasteiger partial charge is 0.240 e. The predicted octanol–water partition coefficient (Wildman–Crippen LogP) is 0.404.